The fourth-order valence-corrected chi connectivity index (χ4v) is 2.00. The molecule has 0 fully saturated rings. The van der Waals surface area contributed by atoms with Gasteiger partial charge in [-0.05, 0) is 18.1 Å². The number of aliphatic hydroxyl groups is 1. The summed E-state index contributed by atoms with van der Waals surface area (Å²) in [6.07, 6.45) is -1.71. The van der Waals surface area contributed by atoms with Gasteiger partial charge in [-0.2, -0.15) is 0 Å². The lowest BCUT2D eigenvalue weighted by Gasteiger charge is -2.15. The largest absolute Gasteiger partial charge is 0.479 e. The van der Waals surface area contributed by atoms with Crippen molar-refractivity contribution in [3.8, 4) is 0 Å². The number of carboxylic acids is 1. The van der Waals surface area contributed by atoms with Crippen LogP contribution in [0.2, 0.25) is 0 Å². The number of alkyl halides is 2. The van der Waals surface area contributed by atoms with Gasteiger partial charge in [0.05, 0.1) is 5.38 Å². The van der Waals surface area contributed by atoms with Crippen molar-refractivity contribution in [2.24, 2.45) is 0 Å². The summed E-state index contributed by atoms with van der Waals surface area (Å²) in [5, 5.41) is 17.6. The van der Waals surface area contributed by atoms with Gasteiger partial charge in [-0.1, -0.05) is 18.2 Å². The lowest BCUT2D eigenvalue weighted by atomic mass is 9.95. The molecule has 0 saturated heterocycles. The van der Waals surface area contributed by atoms with Gasteiger partial charge in [-0.25, -0.2) is 4.79 Å². The molecule has 6 heteroatoms. The molecule has 0 heterocycles. The number of aliphatic carboxylic acids is 1. The van der Waals surface area contributed by atoms with Crippen LogP contribution in [0.5, 0.6) is 0 Å². The van der Waals surface area contributed by atoms with Crippen LogP contribution in [-0.2, 0) is 10.7 Å². The van der Waals surface area contributed by atoms with E-state index in [1.54, 1.807) is 0 Å². The summed E-state index contributed by atoms with van der Waals surface area (Å²) in [4.78, 5) is 22.6. The van der Waals surface area contributed by atoms with Crippen molar-refractivity contribution < 1.29 is 19.8 Å². The Kier molecular flexibility index (Phi) is 5.14. The zero-order valence-electron chi connectivity index (χ0n) is 9.56. The predicted molar refractivity (Wildman–Crippen MR) is 68.2 cm³/mol. The molecule has 18 heavy (non-hydrogen) atoms. The van der Waals surface area contributed by atoms with Gasteiger partial charge in [0.25, 0.3) is 0 Å². The number of rotatable bonds is 5. The molecule has 0 spiro atoms. The number of ketones is 1. The summed E-state index contributed by atoms with van der Waals surface area (Å²) in [5.74, 6) is -1.83. The average molecular weight is 291 g/mol. The summed E-state index contributed by atoms with van der Waals surface area (Å²) in [7, 11) is 0. The first-order chi connectivity index (χ1) is 8.40. The molecular formula is C12H12Cl2O4. The first-order valence-corrected chi connectivity index (χ1v) is 6.14. The van der Waals surface area contributed by atoms with Gasteiger partial charge >= 0.3 is 5.97 Å². The monoisotopic (exact) mass is 290 g/mol. The molecule has 4 nitrogen and oxygen atoms in total. The third-order valence-corrected chi connectivity index (χ3v) is 2.97. The quantitative estimate of drug-likeness (QED) is 0.645. The molecule has 1 rings (SSSR count). The zero-order valence-corrected chi connectivity index (χ0v) is 11.1. The number of benzene rings is 1. The minimum absolute atomic E-state index is 0.0782. The number of carbonyl (C=O) groups is 2. The molecule has 0 amide bonds. The molecule has 2 unspecified atom stereocenters. The Hall–Kier alpha value is -1.10. The number of carbonyl (C=O) groups excluding carboxylic acids is 1. The van der Waals surface area contributed by atoms with E-state index >= 15 is 0 Å². The minimum Gasteiger partial charge on any atom is -0.479 e. The normalized spacial score (nSPS) is 14.0. The van der Waals surface area contributed by atoms with Crippen LogP contribution in [0, 0.1) is 0 Å². The van der Waals surface area contributed by atoms with Crippen LogP contribution in [-0.4, -0.2) is 27.3 Å². The molecule has 0 radical (unpaired) electrons. The first-order valence-electron chi connectivity index (χ1n) is 5.17. The molecule has 2 N–H and O–H groups in total. The van der Waals surface area contributed by atoms with E-state index in [2.05, 4.69) is 0 Å². The maximum Gasteiger partial charge on any atom is 0.337 e. The van der Waals surface area contributed by atoms with Crippen LogP contribution in [0.4, 0.5) is 0 Å². The number of Topliss-reactive ketones (excluding diaryl/α,β-unsaturated/α-hetero) is 1. The molecule has 98 valence electrons. The lowest BCUT2D eigenvalue weighted by molar-refractivity contribution is -0.147. The molecule has 0 aliphatic heterocycles. The van der Waals surface area contributed by atoms with Gasteiger partial charge < -0.3 is 10.2 Å². The second kappa shape index (κ2) is 6.18. The average Bonchev–Trinajstić information content (AvgIpc) is 2.35. The summed E-state index contributed by atoms with van der Waals surface area (Å²) in [5.41, 5.74) is 0.650. The second-order valence-corrected chi connectivity index (χ2v) is 4.65. The number of hydrogen-bond donors (Lipinski definition) is 2. The third-order valence-electron chi connectivity index (χ3n) is 2.50. The number of halogens is 2. The number of carboxylic acid groups (broad SMARTS) is 1. The number of hydrogen-bond acceptors (Lipinski definition) is 3. The van der Waals surface area contributed by atoms with E-state index in [-0.39, 0.29) is 22.8 Å². The fraction of sp³-hybridized carbons (Fsp3) is 0.333. The molecule has 0 aliphatic carbocycles. The molecule has 2 atom stereocenters. The fourth-order valence-electron chi connectivity index (χ4n) is 1.59. The molecule has 0 saturated carbocycles. The molecule has 0 aliphatic rings. The standard InChI is InChI=1S/C12H12Cl2O4/c1-6(14)10(15)7-3-2-4-8(9(7)5-13)11(16)12(17)18/h2-4,6,11,16H,5H2,1H3,(H,17,18). The van der Waals surface area contributed by atoms with E-state index < -0.39 is 17.5 Å². The van der Waals surface area contributed by atoms with Crippen LogP contribution < -0.4 is 0 Å². The van der Waals surface area contributed by atoms with Crippen molar-refractivity contribution in [1.82, 2.24) is 0 Å². The van der Waals surface area contributed by atoms with Gasteiger partial charge in [-0.15, -0.1) is 23.2 Å². The second-order valence-electron chi connectivity index (χ2n) is 3.73. The van der Waals surface area contributed by atoms with Gasteiger partial charge in [0, 0.05) is 11.4 Å². The van der Waals surface area contributed by atoms with Crippen molar-refractivity contribution in [1.29, 1.82) is 0 Å². The van der Waals surface area contributed by atoms with E-state index in [0.29, 0.717) is 5.56 Å². The maximum atomic E-state index is 11.8. The van der Waals surface area contributed by atoms with Crippen LogP contribution in [0.25, 0.3) is 0 Å². The third kappa shape index (κ3) is 3.02. The van der Waals surface area contributed by atoms with Crippen molar-refractivity contribution in [3.05, 3.63) is 34.9 Å². The Bertz CT molecular complexity index is 471. The van der Waals surface area contributed by atoms with Crippen molar-refractivity contribution in [3.63, 3.8) is 0 Å². The minimum atomic E-state index is -1.71. The number of aliphatic hydroxyl groups excluding tert-OH is 1. The highest BCUT2D eigenvalue weighted by Gasteiger charge is 2.24. The van der Waals surface area contributed by atoms with Gasteiger partial charge in [0.1, 0.15) is 0 Å². The van der Waals surface area contributed by atoms with Crippen molar-refractivity contribution >= 4 is 35.0 Å². The predicted octanol–water partition coefficient (Wildman–Crippen LogP) is 2.35. The van der Waals surface area contributed by atoms with Crippen molar-refractivity contribution in [2.45, 2.75) is 24.3 Å². The van der Waals surface area contributed by atoms with E-state index in [4.69, 9.17) is 28.3 Å². The Morgan fingerprint density at radius 2 is 2.00 bits per heavy atom. The molecular weight excluding hydrogens is 279 g/mol. The smallest absolute Gasteiger partial charge is 0.337 e. The Balaban J connectivity index is 3.35. The molecule has 0 bridgehead atoms. The topological polar surface area (TPSA) is 74.6 Å². The van der Waals surface area contributed by atoms with E-state index in [9.17, 15) is 14.7 Å². The van der Waals surface area contributed by atoms with Crippen molar-refractivity contribution in [2.75, 3.05) is 0 Å². The van der Waals surface area contributed by atoms with E-state index in [0.717, 1.165) is 0 Å². The SMILES string of the molecule is CC(Cl)C(=O)c1cccc(C(O)C(=O)O)c1CCl. The highest BCUT2D eigenvalue weighted by atomic mass is 35.5. The summed E-state index contributed by atoms with van der Waals surface area (Å²) in [6, 6.07) is 4.42. The summed E-state index contributed by atoms with van der Waals surface area (Å²) in [6.45, 7) is 1.52. The van der Waals surface area contributed by atoms with Gasteiger partial charge in [0.15, 0.2) is 11.9 Å². The highest BCUT2D eigenvalue weighted by Crippen LogP contribution is 2.25. The lowest BCUT2D eigenvalue weighted by Crippen LogP contribution is -2.17. The zero-order chi connectivity index (χ0) is 13.9. The molecule has 1 aromatic carbocycles. The van der Waals surface area contributed by atoms with Gasteiger partial charge in [-0.3, -0.25) is 4.79 Å². The Labute approximate surface area is 114 Å². The van der Waals surface area contributed by atoms with E-state index in [1.165, 1.54) is 25.1 Å². The van der Waals surface area contributed by atoms with Crippen LogP contribution in [0.15, 0.2) is 18.2 Å². The summed E-state index contributed by atoms with van der Waals surface area (Å²) < 4.78 is 0. The maximum absolute atomic E-state index is 11.8. The highest BCUT2D eigenvalue weighted by molar-refractivity contribution is 6.34. The van der Waals surface area contributed by atoms with Crippen LogP contribution in [0.1, 0.15) is 34.5 Å². The Morgan fingerprint density at radius 3 is 2.44 bits per heavy atom. The summed E-state index contributed by atoms with van der Waals surface area (Å²) >= 11 is 11.5. The molecule has 0 aromatic heterocycles. The van der Waals surface area contributed by atoms with E-state index in [1.807, 2.05) is 0 Å². The van der Waals surface area contributed by atoms with Gasteiger partial charge in [0.2, 0.25) is 0 Å². The Morgan fingerprint density at radius 1 is 1.39 bits per heavy atom. The van der Waals surface area contributed by atoms with Crippen LogP contribution in [0.3, 0.4) is 0 Å². The first kappa shape index (κ1) is 15.0. The van der Waals surface area contributed by atoms with Crippen LogP contribution >= 0.6 is 23.2 Å². The molecule has 1 aromatic rings.